The van der Waals surface area contributed by atoms with Crippen LogP contribution in [-0.4, -0.2) is 18.4 Å². The zero-order valence-electron chi connectivity index (χ0n) is 14.3. The monoisotopic (exact) mass is 388 g/mol. The first kappa shape index (κ1) is 18.2. The minimum atomic E-state index is -0.226. The van der Waals surface area contributed by atoms with E-state index in [1.165, 1.54) is 17.4 Å². The number of nitrogens with zero attached hydrogens (tertiary/aromatic N) is 1. The Morgan fingerprint density at radius 3 is 2.29 bits per heavy atom. The van der Waals surface area contributed by atoms with E-state index < -0.39 is 0 Å². The standard InChI is InChI=1S/C19H21BrN2O2/c1-12-5-7-17(10-13(12)2)21-19(24)11-22(15(4)23)18-8-6-16(20)9-14(18)3/h5-10H,11H2,1-4H3,(H,21,24). The van der Waals surface area contributed by atoms with Crippen LogP contribution < -0.4 is 10.2 Å². The SMILES string of the molecule is CC(=O)N(CC(=O)Nc1ccc(C)c(C)c1)c1ccc(Br)cc1C. The predicted molar refractivity (Wildman–Crippen MR) is 101 cm³/mol. The molecule has 0 saturated carbocycles. The van der Waals surface area contributed by atoms with E-state index in [1.54, 1.807) is 0 Å². The Morgan fingerprint density at radius 2 is 1.71 bits per heavy atom. The Hall–Kier alpha value is -2.14. The van der Waals surface area contributed by atoms with Gasteiger partial charge in [0.2, 0.25) is 11.8 Å². The van der Waals surface area contributed by atoms with Gasteiger partial charge in [-0.05, 0) is 67.8 Å². The molecule has 0 saturated heterocycles. The summed E-state index contributed by atoms with van der Waals surface area (Å²) in [5.74, 6) is -0.397. The van der Waals surface area contributed by atoms with E-state index in [2.05, 4.69) is 21.2 Å². The van der Waals surface area contributed by atoms with Crippen LogP contribution in [0.2, 0.25) is 0 Å². The summed E-state index contributed by atoms with van der Waals surface area (Å²) in [4.78, 5) is 25.8. The van der Waals surface area contributed by atoms with Gasteiger partial charge in [-0.2, -0.15) is 0 Å². The zero-order chi connectivity index (χ0) is 17.9. The number of hydrogen-bond acceptors (Lipinski definition) is 2. The molecular weight excluding hydrogens is 368 g/mol. The molecular formula is C19H21BrN2O2. The van der Waals surface area contributed by atoms with Crippen molar-refractivity contribution in [3.8, 4) is 0 Å². The average Bonchev–Trinajstić information content (AvgIpc) is 2.49. The van der Waals surface area contributed by atoms with Crippen molar-refractivity contribution < 1.29 is 9.59 Å². The largest absolute Gasteiger partial charge is 0.325 e. The highest BCUT2D eigenvalue weighted by Gasteiger charge is 2.18. The molecule has 126 valence electrons. The van der Waals surface area contributed by atoms with Gasteiger partial charge in [0.15, 0.2) is 0 Å². The highest BCUT2D eigenvalue weighted by Crippen LogP contribution is 2.24. The quantitative estimate of drug-likeness (QED) is 0.845. The second-order valence-electron chi connectivity index (χ2n) is 5.88. The van der Waals surface area contributed by atoms with Crippen molar-refractivity contribution in [2.24, 2.45) is 0 Å². The summed E-state index contributed by atoms with van der Waals surface area (Å²) in [6.07, 6.45) is 0. The van der Waals surface area contributed by atoms with Gasteiger partial charge in [0.1, 0.15) is 6.54 Å². The van der Waals surface area contributed by atoms with Gasteiger partial charge in [-0.15, -0.1) is 0 Å². The lowest BCUT2D eigenvalue weighted by atomic mass is 10.1. The van der Waals surface area contributed by atoms with Crippen molar-refractivity contribution in [2.45, 2.75) is 27.7 Å². The van der Waals surface area contributed by atoms with Gasteiger partial charge in [-0.25, -0.2) is 0 Å². The molecule has 2 aromatic carbocycles. The smallest absolute Gasteiger partial charge is 0.244 e. The van der Waals surface area contributed by atoms with Crippen LogP contribution in [-0.2, 0) is 9.59 Å². The Labute approximate surface area is 151 Å². The summed E-state index contributed by atoms with van der Waals surface area (Å²) in [6, 6.07) is 11.4. The van der Waals surface area contributed by atoms with Gasteiger partial charge in [-0.1, -0.05) is 22.0 Å². The van der Waals surface area contributed by atoms with Crippen molar-refractivity contribution in [3.05, 3.63) is 57.6 Å². The number of carbonyl (C=O) groups excluding carboxylic acids is 2. The number of aryl methyl sites for hydroxylation is 3. The molecule has 0 fully saturated rings. The van der Waals surface area contributed by atoms with E-state index >= 15 is 0 Å². The predicted octanol–water partition coefficient (Wildman–Crippen LogP) is 4.37. The van der Waals surface area contributed by atoms with Gasteiger partial charge in [-0.3, -0.25) is 9.59 Å². The molecule has 2 rings (SSSR count). The van der Waals surface area contributed by atoms with Crippen LogP contribution in [0.25, 0.3) is 0 Å². The number of halogens is 1. The minimum Gasteiger partial charge on any atom is -0.325 e. The van der Waals surface area contributed by atoms with Crippen molar-refractivity contribution >= 4 is 39.1 Å². The van der Waals surface area contributed by atoms with Crippen molar-refractivity contribution in [1.82, 2.24) is 0 Å². The topological polar surface area (TPSA) is 49.4 Å². The van der Waals surface area contributed by atoms with Crippen LogP contribution in [0.1, 0.15) is 23.6 Å². The van der Waals surface area contributed by atoms with Gasteiger partial charge in [0, 0.05) is 22.8 Å². The number of rotatable bonds is 4. The molecule has 0 radical (unpaired) electrons. The van der Waals surface area contributed by atoms with Crippen LogP contribution in [0.3, 0.4) is 0 Å². The molecule has 2 aromatic rings. The highest BCUT2D eigenvalue weighted by molar-refractivity contribution is 9.10. The maximum Gasteiger partial charge on any atom is 0.244 e. The first-order chi connectivity index (χ1) is 11.3. The maximum atomic E-state index is 12.4. The molecule has 0 atom stereocenters. The fourth-order valence-corrected chi connectivity index (χ4v) is 2.93. The minimum absolute atomic E-state index is 0.0231. The van der Waals surface area contributed by atoms with E-state index in [0.29, 0.717) is 0 Å². The second-order valence-corrected chi connectivity index (χ2v) is 6.80. The van der Waals surface area contributed by atoms with Crippen LogP contribution in [0.5, 0.6) is 0 Å². The third kappa shape index (κ3) is 4.45. The van der Waals surface area contributed by atoms with Crippen LogP contribution in [0.15, 0.2) is 40.9 Å². The van der Waals surface area contributed by atoms with Gasteiger partial charge in [0.05, 0.1) is 0 Å². The normalized spacial score (nSPS) is 10.4. The van der Waals surface area contributed by atoms with E-state index in [1.807, 2.05) is 57.2 Å². The Bertz CT molecular complexity index is 787. The number of benzene rings is 2. The summed E-state index contributed by atoms with van der Waals surface area (Å²) < 4.78 is 0.937. The third-order valence-corrected chi connectivity index (χ3v) is 4.42. The number of hydrogen-bond donors (Lipinski definition) is 1. The molecule has 0 heterocycles. The average molecular weight is 389 g/mol. The molecule has 0 bridgehead atoms. The molecule has 2 amide bonds. The molecule has 5 heteroatoms. The third-order valence-electron chi connectivity index (χ3n) is 3.92. The summed E-state index contributed by atoms with van der Waals surface area (Å²) in [5.41, 5.74) is 4.68. The molecule has 0 spiro atoms. The molecule has 0 unspecified atom stereocenters. The van der Waals surface area contributed by atoms with Crippen molar-refractivity contribution in [2.75, 3.05) is 16.8 Å². The fraction of sp³-hybridized carbons (Fsp3) is 0.263. The first-order valence-electron chi connectivity index (χ1n) is 7.69. The lowest BCUT2D eigenvalue weighted by Gasteiger charge is -2.23. The Morgan fingerprint density at radius 1 is 1.00 bits per heavy atom. The van der Waals surface area contributed by atoms with Gasteiger partial charge >= 0.3 is 0 Å². The lowest BCUT2D eigenvalue weighted by molar-refractivity contribution is -0.120. The number of carbonyl (C=O) groups is 2. The maximum absolute atomic E-state index is 12.4. The van der Waals surface area contributed by atoms with Gasteiger partial charge in [0.25, 0.3) is 0 Å². The Kier molecular flexibility index (Phi) is 5.78. The number of amides is 2. The molecule has 1 N–H and O–H groups in total. The van der Waals surface area contributed by atoms with E-state index in [-0.39, 0.29) is 18.4 Å². The van der Waals surface area contributed by atoms with Crippen LogP contribution in [0, 0.1) is 20.8 Å². The van der Waals surface area contributed by atoms with Crippen LogP contribution >= 0.6 is 15.9 Å². The lowest BCUT2D eigenvalue weighted by Crippen LogP contribution is -2.37. The van der Waals surface area contributed by atoms with E-state index in [9.17, 15) is 9.59 Å². The molecule has 0 aromatic heterocycles. The molecule has 0 aliphatic rings. The van der Waals surface area contributed by atoms with E-state index in [4.69, 9.17) is 0 Å². The molecule has 4 nitrogen and oxygen atoms in total. The molecule has 0 aliphatic heterocycles. The van der Waals surface area contributed by atoms with Crippen molar-refractivity contribution in [1.29, 1.82) is 0 Å². The Balaban J connectivity index is 2.16. The van der Waals surface area contributed by atoms with E-state index in [0.717, 1.165) is 27.0 Å². The van der Waals surface area contributed by atoms with Gasteiger partial charge < -0.3 is 10.2 Å². The summed E-state index contributed by atoms with van der Waals surface area (Å²) in [5, 5.41) is 2.85. The molecule has 0 aliphatic carbocycles. The number of anilines is 2. The first-order valence-corrected chi connectivity index (χ1v) is 8.48. The van der Waals surface area contributed by atoms with Crippen molar-refractivity contribution in [3.63, 3.8) is 0 Å². The second kappa shape index (κ2) is 7.62. The van der Waals surface area contributed by atoms with Crippen LogP contribution in [0.4, 0.5) is 11.4 Å². The zero-order valence-corrected chi connectivity index (χ0v) is 15.9. The highest BCUT2D eigenvalue weighted by atomic mass is 79.9. The summed E-state index contributed by atoms with van der Waals surface area (Å²) >= 11 is 3.41. The fourth-order valence-electron chi connectivity index (χ4n) is 2.45. The summed E-state index contributed by atoms with van der Waals surface area (Å²) in [6.45, 7) is 7.37. The molecule has 24 heavy (non-hydrogen) atoms. The number of nitrogens with one attached hydrogen (secondary N) is 1. The summed E-state index contributed by atoms with van der Waals surface area (Å²) in [7, 11) is 0.